The molecule has 0 bridgehead atoms. The van der Waals surface area contributed by atoms with E-state index in [1.807, 2.05) is 29.2 Å². The number of hydrogen-bond acceptors (Lipinski definition) is 3. The van der Waals surface area contributed by atoms with Gasteiger partial charge in [0.1, 0.15) is 0 Å². The van der Waals surface area contributed by atoms with Crippen LogP contribution >= 0.6 is 35.8 Å². The van der Waals surface area contributed by atoms with E-state index in [1.54, 1.807) is 11.8 Å². The van der Waals surface area contributed by atoms with Crippen LogP contribution in [-0.2, 0) is 10.5 Å². The molecule has 1 aliphatic rings. The lowest BCUT2D eigenvalue weighted by Crippen LogP contribution is -2.41. The van der Waals surface area contributed by atoms with Crippen molar-refractivity contribution < 1.29 is 4.79 Å². The first-order valence-electron chi connectivity index (χ1n) is 7.99. The Morgan fingerprint density at radius 3 is 2.57 bits per heavy atom. The van der Waals surface area contributed by atoms with Crippen LogP contribution in [0.25, 0.3) is 0 Å². The number of nitrogens with zero attached hydrogens (tertiary/aromatic N) is 1. The number of rotatable bonds is 7. The minimum atomic E-state index is 0. The molecule has 0 saturated carbocycles. The molecule has 2 rings (SSSR count). The lowest BCUT2D eigenvalue weighted by molar-refractivity contribution is -0.129. The third-order valence-electron chi connectivity index (χ3n) is 4.06. The van der Waals surface area contributed by atoms with Crippen molar-refractivity contribution in [1.29, 1.82) is 0 Å². The Balaban J connectivity index is 0.00000264. The molecular formula is C17H26Cl2N2OS. The van der Waals surface area contributed by atoms with Crippen molar-refractivity contribution in [3.8, 4) is 0 Å². The van der Waals surface area contributed by atoms with Crippen LogP contribution in [-0.4, -0.2) is 42.7 Å². The van der Waals surface area contributed by atoms with Gasteiger partial charge in [0.15, 0.2) is 0 Å². The molecule has 1 aromatic rings. The summed E-state index contributed by atoms with van der Waals surface area (Å²) >= 11 is 7.55. The Hall–Kier alpha value is -0.420. The van der Waals surface area contributed by atoms with Gasteiger partial charge in [0.25, 0.3) is 0 Å². The molecule has 6 heteroatoms. The van der Waals surface area contributed by atoms with Gasteiger partial charge in [-0.15, -0.1) is 24.2 Å². The number of hydrogen-bond donors (Lipinski definition) is 1. The van der Waals surface area contributed by atoms with Crippen molar-refractivity contribution in [3.05, 3.63) is 34.9 Å². The maximum atomic E-state index is 12.2. The number of carbonyl (C=O) groups excluding carboxylic acids is 1. The number of benzene rings is 1. The van der Waals surface area contributed by atoms with E-state index in [9.17, 15) is 4.79 Å². The summed E-state index contributed by atoms with van der Waals surface area (Å²) in [5, 5.41) is 4.16. The molecule has 1 fully saturated rings. The van der Waals surface area contributed by atoms with Gasteiger partial charge >= 0.3 is 0 Å². The topological polar surface area (TPSA) is 32.3 Å². The monoisotopic (exact) mass is 376 g/mol. The number of thioether (sulfide) groups is 1. The van der Waals surface area contributed by atoms with E-state index in [2.05, 4.69) is 12.2 Å². The normalized spacial score (nSPS) is 15.3. The summed E-state index contributed by atoms with van der Waals surface area (Å²) in [6.07, 6.45) is 2.25. The Kier molecular flexibility index (Phi) is 10.0. The van der Waals surface area contributed by atoms with Crippen LogP contribution in [0.1, 0.15) is 25.3 Å². The number of piperidine rings is 1. The minimum Gasteiger partial charge on any atom is -0.342 e. The molecule has 23 heavy (non-hydrogen) atoms. The number of nitrogens with one attached hydrogen (secondary N) is 1. The second-order valence-electron chi connectivity index (χ2n) is 5.75. The molecule has 0 spiro atoms. The van der Waals surface area contributed by atoms with Crippen LogP contribution in [0.2, 0.25) is 5.02 Å². The highest BCUT2D eigenvalue weighted by Crippen LogP contribution is 2.19. The molecule has 0 radical (unpaired) electrons. The van der Waals surface area contributed by atoms with E-state index < -0.39 is 0 Å². The van der Waals surface area contributed by atoms with Crippen LogP contribution in [0.3, 0.4) is 0 Å². The van der Waals surface area contributed by atoms with Gasteiger partial charge in [0, 0.05) is 23.9 Å². The van der Waals surface area contributed by atoms with E-state index in [0.29, 0.717) is 5.75 Å². The first-order chi connectivity index (χ1) is 10.7. The summed E-state index contributed by atoms with van der Waals surface area (Å²) in [7, 11) is 0. The summed E-state index contributed by atoms with van der Waals surface area (Å²) in [6.45, 7) is 6.08. The van der Waals surface area contributed by atoms with Crippen LogP contribution in [0.5, 0.6) is 0 Å². The maximum Gasteiger partial charge on any atom is 0.232 e. The quantitative estimate of drug-likeness (QED) is 0.784. The first-order valence-corrected chi connectivity index (χ1v) is 9.53. The molecule has 1 heterocycles. The minimum absolute atomic E-state index is 0. The van der Waals surface area contributed by atoms with Crippen molar-refractivity contribution >= 4 is 41.7 Å². The summed E-state index contributed by atoms with van der Waals surface area (Å²) < 4.78 is 0. The van der Waals surface area contributed by atoms with Crippen molar-refractivity contribution in [2.45, 2.75) is 25.5 Å². The highest BCUT2D eigenvalue weighted by molar-refractivity contribution is 7.99. The van der Waals surface area contributed by atoms with Crippen LogP contribution in [0.15, 0.2) is 24.3 Å². The van der Waals surface area contributed by atoms with Crippen molar-refractivity contribution in [3.63, 3.8) is 0 Å². The van der Waals surface area contributed by atoms with Crippen LogP contribution < -0.4 is 5.32 Å². The molecule has 1 saturated heterocycles. The molecule has 130 valence electrons. The van der Waals surface area contributed by atoms with Crippen LogP contribution in [0, 0.1) is 5.92 Å². The highest BCUT2D eigenvalue weighted by Gasteiger charge is 2.22. The van der Waals surface area contributed by atoms with Crippen LogP contribution in [0.4, 0.5) is 0 Å². The van der Waals surface area contributed by atoms with E-state index in [0.717, 1.165) is 55.7 Å². The predicted octanol–water partition coefficient (Wildman–Crippen LogP) is 3.84. The molecule has 1 N–H and O–H groups in total. The van der Waals surface area contributed by atoms with Gasteiger partial charge in [-0.1, -0.05) is 30.7 Å². The third-order valence-corrected chi connectivity index (χ3v) is 5.30. The number of amides is 1. The summed E-state index contributed by atoms with van der Waals surface area (Å²) in [6, 6.07) is 7.83. The summed E-state index contributed by atoms with van der Waals surface area (Å²) in [5.74, 6) is 2.44. The molecule has 0 unspecified atom stereocenters. The molecule has 3 nitrogen and oxygen atoms in total. The Morgan fingerprint density at radius 1 is 1.30 bits per heavy atom. The largest absolute Gasteiger partial charge is 0.342 e. The Bertz CT molecular complexity index is 462. The van der Waals surface area contributed by atoms with Crippen molar-refractivity contribution in [2.75, 3.05) is 31.9 Å². The maximum absolute atomic E-state index is 12.2. The first kappa shape index (κ1) is 20.6. The molecule has 1 aliphatic heterocycles. The molecule has 0 aliphatic carbocycles. The molecule has 0 aromatic heterocycles. The molecule has 1 aromatic carbocycles. The summed E-state index contributed by atoms with van der Waals surface area (Å²) in [4.78, 5) is 14.3. The van der Waals surface area contributed by atoms with E-state index >= 15 is 0 Å². The SMILES string of the molecule is CCNCC1CCN(C(=O)CSCc2ccc(Cl)cc2)CC1.Cl. The number of halogens is 2. The molecular weight excluding hydrogens is 351 g/mol. The number of carbonyl (C=O) groups is 1. The van der Waals surface area contributed by atoms with Crippen molar-refractivity contribution in [2.24, 2.45) is 5.92 Å². The van der Waals surface area contributed by atoms with E-state index in [4.69, 9.17) is 11.6 Å². The predicted molar refractivity (Wildman–Crippen MR) is 103 cm³/mol. The fourth-order valence-electron chi connectivity index (χ4n) is 2.66. The third kappa shape index (κ3) is 7.34. The van der Waals surface area contributed by atoms with Gasteiger partial charge in [-0.3, -0.25) is 4.79 Å². The number of likely N-dealkylation sites (tertiary alicyclic amines) is 1. The van der Waals surface area contributed by atoms with Gasteiger partial charge in [0.05, 0.1) is 5.75 Å². The lowest BCUT2D eigenvalue weighted by atomic mass is 9.97. The van der Waals surface area contributed by atoms with Gasteiger partial charge in [-0.05, 0) is 49.5 Å². The zero-order chi connectivity index (χ0) is 15.8. The standard InChI is InChI=1S/C17H25ClN2OS.ClH/c1-2-19-11-14-7-9-20(10-8-14)17(21)13-22-12-15-3-5-16(18)6-4-15;/h3-6,14,19H,2,7-13H2,1H3;1H. The average Bonchev–Trinajstić information content (AvgIpc) is 2.55. The lowest BCUT2D eigenvalue weighted by Gasteiger charge is -2.32. The van der Waals surface area contributed by atoms with Gasteiger partial charge in [0.2, 0.25) is 5.91 Å². The average molecular weight is 377 g/mol. The van der Waals surface area contributed by atoms with E-state index in [-0.39, 0.29) is 18.3 Å². The fraction of sp³-hybridized carbons (Fsp3) is 0.588. The molecule has 1 amide bonds. The molecule has 0 atom stereocenters. The van der Waals surface area contributed by atoms with Crippen molar-refractivity contribution in [1.82, 2.24) is 10.2 Å². The zero-order valence-electron chi connectivity index (χ0n) is 13.6. The smallest absolute Gasteiger partial charge is 0.232 e. The Labute approximate surface area is 154 Å². The summed E-state index contributed by atoms with van der Waals surface area (Å²) in [5.41, 5.74) is 1.21. The van der Waals surface area contributed by atoms with Gasteiger partial charge in [-0.2, -0.15) is 0 Å². The second kappa shape index (κ2) is 11.2. The second-order valence-corrected chi connectivity index (χ2v) is 7.17. The van der Waals surface area contributed by atoms with Gasteiger partial charge in [-0.25, -0.2) is 0 Å². The fourth-order valence-corrected chi connectivity index (χ4v) is 3.68. The Morgan fingerprint density at radius 2 is 1.96 bits per heavy atom. The zero-order valence-corrected chi connectivity index (χ0v) is 16.0. The highest BCUT2D eigenvalue weighted by atomic mass is 35.5. The van der Waals surface area contributed by atoms with E-state index in [1.165, 1.54) is 5.56 Å². The van der Waals surface area contributed by atoms with Gasteiger partial charge < -0.3 is 10.2 Å².